The van der Waals surface area contributed by atoms with Crippen LogP contribution in [0.25, 0.3) is 0 Å². The predicted molar refractivity (Wildman–Crippen MR) is 73.0 cm³/mol. The first-order valence-electron chi connectivity index (χ1n) is 6.35. The average Bonchev–Trinajstić information content (AvgIpc) is 2.43. The molecule has 0 bridgehead atoms. The minimum Gasteiger partial charge on any atom is -0.465 e. The summed E-state index contributed by atoms with van der Waals surface area (Å²) in [6.45, 7) is 2.73. The second-order valence-corrected chi connectivity index (χ2v) is 4.00. The first-order valence-corrected chi connectivity index (χ1v) is 6.35. The number of ether oxygens (including phenoxy) is 1. The zero-order valence-electron chi connectivity index (χ0n) is 11.4. The molecule has 1 aromatic rings. The van der Waals surface area contributed by atoms with E-state index in [4.69, 9.17) is 4.74 Å². The molecule has 0 unspecified atom stereocenters. The Labute approximate surface area is 113 Å². The van der Waals surface area contributed by atoms with Gasteiger partial charge >= 0.3 is 5.97 Å². The first kappa shape index (κ1) is 15.2. The summed E-state index contributed by atoms with van der Waals surface area (Å²) in [7, 11) is 1.86. The van der Waals surface area contributed by atoms with E-state index in [-0.39, 0.29) is 12.5 Å². The van der Waals surface area contributed by atoms with Gasteiger partial charge in [-0.05, 0) is 38.6 Å². The van der Waals surface area contributed by atoms with Crippen LogP contribution in [0.1, 0.15) is 22.8 Å². The van der Waals surface area contributed by atoms with Crippen LogP contribution in [0.3, 0.4) is 0 Å². The summed E-state index contributed by atoms with van der Waals surface area (Å²) in [5.41, 5.74) is 1.56. The normalized spacial score (nSPS) is 10.0. The molecule has 0 saturated heterocycles. The summed E-state index contributed by atoms with van der Waals surface area (Å²) in [6, 6.07) is 7.37. The second-order valence-electron chi connectivity index (χ2n) is 4.00. The second kappa shape index (κ2) is 8.26. The molecule has 104 valence electrons. The molecule has 5 heteroatoms. The Balaban J connectivity index is 2.63. The minimum atomic E-state index is -0.427. The Hall–Kier alpha value is -1.88. The summed E-state index contributed by atoms with van der Waals surface area (Å²) in [6.07, 6.45) is 0.763. The predicted octanol–water partition coefficient (Wildman–Crippen LogP) is 0.741. The largest absolute Gasteiger partial charge is 0.465 e. The molecule has 1 rings (SSSR count). The van der Waals surface area contributed by atoms with Gasteiger partial charge in [-0.1, -0.05) is 18.2 Å². The Morgan fingerprint density at radius 3 is 2.68 bits per heavy atom. The number of likely N-dealkylation sites (N-methyl/N-ethyl adjacent to an activating group) is 1. The van der Waals surface area contributed by atoms with Crippen molar-refractivity contribution in [1.82, 2.24) is 10.6 Å². The Morgan fingerprint density at radius 2 is 2.00 bits per heavy atom. The maximum atomic E-state index is 12.0. The van der Waals surface area contributed by atoms with Crippen LogP contribution < -0.4 is 10.6 Å². The van der Waals surface area contributed by atoms with E-state index in [1.807, 2.05) is 25.2 Å². The Kier molecular flexibility index (Phi) is 6.60. The average molecular weight is 264 g/mol. The third kappa shape index (κ3) is 5.09. The number of hydrogen-bond acceptors (Lipinski definition) is 4. The van der Waals surface area contributed by atoms with E-state index < -0.39 is 5.97 Å². The summed E-state index contributed by atoms with van der Waals surface area (Å²) in [5, 5.41) is 5.61. The van der Waals surface area contributed by atoms with Gasteiger partial charge < -0.3 is 15.4 Å². The molecule has 0 aliphatic rings. The lowest BCUT2D eigenvalue weighted by atomic mass is 10.0. The van der Waals surface area contributed by atoms with Crippen LogP contribution in [-0.2, 0) is 16.0 Å². The number of hydrogen-bond donors (Lipinski definition) is 2. The Bertz CT molecular complexity index is 432. The van der Waals surface area contributed by atoms with Gasteiger partial charge in [-0.2, -0.15) is 0 Å². The van der Waals surface area contributed by atoms with E-state index in [2.05, 4.69) is 10.6 Å². The van der Waals surface area contributed by atoms with Crippen LogP contribution >= 0.6 is 0 Å². The van der Waals surface area contributed by atoms with Crippen molar-refractivity contribution in [3.63, 3.8) is 0 Å². The van der Waals surface area contributed by atoms with E-state index >= 15 is 0 Å². The molecule has 0 aliphatic heterocycles. The van der Waals surface area contributed by atoms with Crippen molar-refractivity contribution >= 4 is 11.9 Å². The maximum Gasteiger partial charge on any atom is 0.325 e. The lowest BCUT2D eigenvalue weighted by Crippen LogP contribution is -2.31. The molecule has 0 atom stereocenters. The number of amides is 1. The zero-order valence-corrected chi connectivity index (χ0v) is 11.4. The van der Waals surface area contributed by atoms with Crippen LogP contribution in [0.5, 0.6) is 0 Å². The minimum absolute atomic E-state index is 0.104. The van der Waals surface area contributed by atoms with E-state index in [9.17, 15) is 9.59 Å². The molecular weight excluding hydrogens is 244 g/mol. The van der Waals surface area contributed by atoms with Crippen LogP contribution in [0.4, 0.5) is 0 Å². The van der Waals surface area contributed by atoms with Crippen LogP contribution in [0.2, 0.25) is 0 Å². The fourth-order valence-corrected chi connectivity index (χ4v) is 1.68. The molecule has 0 radical (unpaired) electrons. The van der Waals surface area contributed by atoms with Crippen LogP contribution in [-0.4, -0.2) is 38.6 Å². The molecule has 2 N–H and O–H groups in total. The third-order valence-electron chi connectivity index (χ3n) is 2.60. The number of nitrogens with one attached hydrogen (secondary N) is 2. The molecule has 1 aromatic carbocycles. The molecule has 19 heavy (non-hydrogen) atoms. The highest BCUT2D eigenvalue weighted by Crippen LogP contribution is 2.09. The van der Waals surface area contributed by atoms with Crippen molar-refractivity contribution in [2.75, 3.05) is 26.7 Å². The van der Waals surface area contributed by atoms with E-state index in [0.29, 0.717) is 12.2 Å². The third-order valence-corrected chi connectivity index (χ3v) is 2.60. The highest BCUT2D eigenvalue weighted by molar-refractivity contribution is 5.97. The zero-order chi connectivity index (χ0) is 14.1. The number of rotatable bonds is 7. The molecule has 5 nitrogen and oxygen atoms in total. The van der Waals surface area contributed by atoms with Gasteiger partial charge in [0, 0.05) is 5.56 Å². The summed E-state index contributed by atoms with van der Waals surface area (Å²) >= 11 is 0. The van der Waals surface area contributed by atoms with Crippen molar-refractivity contribution in [2.24, 2.45) is 0 Å². The highest BCUT2D eigenvalue weighted by Gasteiger charge is 2.11. The van der Waals surface area contributed by atoms with E-state index in [1.165, 1.54) is 0 Å². The molecule has 0 spiro atoms. The molecule has 0 aromatic heterocycles. The molecule has 0 fully saturated rings. The summed E-state index contributed by atoms with van der Waals surface area (Å²) in [5.74, 6) is -0.677. The highest BCUT2D eigenvalue weighted by atomic mass is 16.5. The first-order chi connectivity index (χ1) is 9.19. The van der Waals surface area contributed by atoms with Gasteiger partial charge in [0.1, 0.15) is 6.54 Å². The molecule has 0 aliphatic carbocycles. The molecule has 1 amide bonds. The fourth-order valence-electron chi connectivity index (χ4n) is 1.68. The SMILES string of the molecule is CCOC(=O)CNC(=O)c1ccccc1CCNC. The lowest BCUT2D eigenvalue weighted by Gasteiger charge is -2.09. The van der Waals surface area contributed by atoms with E-state index in [0.717, 1.165) is 18.5 Å². The van der Waals surface area contributed by atoms with Gasteiger partial charge in [0.2, 0.25) is 0 Å². The van der Waals surface area contributed by atoms with Crippen LogP contribution in [0.15, 0.2) is 24.3 Å². The van der Waals surface area contributed by atoms with Crippen molar-refractivity contribution in [1.29, 1.82) is 0 Å². The van der Waals surface area contributed by atoms with Crippen molar-refractivity contribution < 1.29 is 14.3 Å². The fraction of sp³-hybridized carbons (Fsp3) is 0.429. The molecular formula is C14H20N2O3. The quantitative estimate of drug-likeness (QED) is 0.713. The Morgan fingerprint density at radius 1 is 1.26 bits per heavy atom. The number of carbonyl (C=O) groups excluding carboxylic acids is 2. The van der Waals surface area contributed by atoms with Gasteiger partial charge in [-0.25, -0.2) is 0 Å². The maximum absolute atomic E-state index is 12.0. The summed E-state index contributed by atoms with van der Waals surface area (Å²) in [4.78, 5) is 23.2. The standard InChI is InChI=1S/C14H20N2O3/c1-3-19-13(17)10-16-14(18)12-7-5-4-6-11(12)8-9-15-2/h4-7,15H,3,8-10H2,1-2H3,(H,16,18). The number of esters is 1. The molecule has 0 heterocycles. The van der Waals surface area contributed by atoms with Crippen molar-refractivity contribution in [2.45, 2.75) is 13.3 Å². The van der Waals surface area contributed by atoms with Gasteiger partial charge in [0.05, 0.1) is 6.61 Å². The van der Waals surface area contributed by atoms with Gasteiger partial charge in [0.15, 0.2) is 0 Å². The van der Waals surface area contributed by atoms with Crippen LogP contribution in [0, 0.1) is 0 Å². The van der Waals surface area contributed by atoms with E-state index in [1.54, 1.807) is 13.0 Å². The topological polar surface area (TPSA) is 67.4 Å². The monoisotopic (exact) mass is 264 g/mol. The number of benzene rings is 1. The number of carbonyl (C=O) groups is 2. The summed E-state index contributed by atoms with van der Waals surface area (Å²) < 4.78 is 4.76. The molecule has 0 saturated carbocycles. The van der Waals surface area contributed by atoms with Gasteiger partial charge in [-0.15, -0.1) is 0 Å². The lowest BCUT2D eigenvalue weighted by molar-refractivity contribution is -0.141. The van der Waals surface area contributed by atoms with Gasteiger partial charge in [0.25, 0.3) is 5.91 Å². The van der Waals surface area contributed by atoms with Gasteiger partial charge in [-0.3, -0.25) is 9.59 Å². The smallest absolute Gasteiger partial charge is 0.325 e. The van der Waals surface area contributed by atoms with Crippen molar-refractivity contribution in [3.8, 4) is 0 Å². The van der Waals surface area contributed by atoms with Crippen molar-refractivity contribution in [3.05, 3.63) is 35.4 Å².